The predicted octanol–water partition coefficient (Wildman–Crippen LogP) is 4.96. The van der Waals surface area contributed by atoms with Crippen molar-refractivity contribution in [3.8, 4) is 11.1 Å². The van der Waals surface area contributed by atoms with Gasteiger partial charge in [0.1, 0.15) is 18.2 Å². The van der Waals surface area contributed by atoms with Crippen LogP contribution in [0.25, 0.3) is 11.1 Å². The molecule has 0 radical (unpaired) electrons. The number of aliphatic carboxylic acids is 1. The molecule has 1 aliphatic carbocycles. The Labute approximate surface area is 241 Å². The summed E-state index contributed by atoms with van der Waals surface area (Å²) in [4.78, 5) is 48.0. The van der Waals surface area contributed by atoms with Gasteiger partial charge in [-0.2, -0.15) is 0 Å². The number of hydrogen-bond donors (Lipinski definition) is 4. The van der Waals surface area contributed by atoms with Crippen LogP contribution in [0.3, 0.4) is 0 Å². The molecule has 0 spiro atoms. The number of unbranched alkanes of at least 4 members (excludes halogenated alkanes) is 3. The summed E-state index contributed by atoms with van der Waals surface area (Å²) < 4.78 is 10.6. The van der Waals surface area contributed by atoms with Crippen LogP contribution < -0.4 is 16.0 Å². The van der Waals surface area contributed by atoms with Crippen LogP contribution in [0.4, 0.5) is 9.59 Å². The van der Waals surface area contributed by atoms with E-state index in [4.69, 9.17) is 9.47 Å². The average molecular weight is 568 g/mol. The van der Waals surface area contributed by atoms with E-state index in [1.807, 2.05) is 69.3 Å². The maximum absolute atomic E-state index is 12.5. The normalized spacial score (nSPS) is 13.0. The molecule has 0 aliphatic heterocycles. The number of carboxylic acids is 1. The second-order valence-electron chi connectivity index (χ2n) is 11.1. The highest BCUT2D eigenvalue weighted by Gasteiger charge is 2.30. The molecule has 222 valence electrons. The molecule has 0 unspecified atom stereocenters. The molecule has 1 aliphatic rings. The highest BCUT2D eigenvalue weighted by Crippen LogP contribution is 2.44. The molecular weight excluding hydrogens is 526 g/mol. The lowest BCUT2D eigenvalue weighted by Gasteiger charge is -2.19. The van der Waals surface area contributed by atoms with E-state index in [2.05, 4.69) is 16.0 Å². The summed E-state index contributed by atoms with van der Waals surface area (Å²) >= 11 is 0. The molecule has 4 N–H and O–H groups in total. The summed E-state index contributed by atoms with van der Waals surface area (Å²) in [5, 5.41) is 17.4. The minimum absolute atomic E-state index is 0.0412. The molecule has 10 nitrogen and oxygen atoms in total. The second kappa shape index (κ2) is 15.1. The number of rotatable bonds is 14. The Morgan fingerprint density at radius 1 is 0.829 bits per heavy atom. The van der Waals surface area contributed by atoms with Crippen molar-refractivity contribution >= 4 is 24.1 Å². The van der Waals surface area contributed by atoms with Crippen molar-refractivity contribution in [1.29, 1.82) is 0 Å². The summed E-state index contributed by atoms with van der Waals surface area (Å²) in [6.07, 6.45) is 1.96. The first kappa shape index (κ1) is 31.4. The van der Waals surface area contributed by atoms with Crippen LogP contribution in [-0.4, -0.2) is 60.5 Å². The number of carbonyl (C=O) groups excluding carboxylic acids is 3. The van der Waals surface area contributed by atoms with Gasteiger partial charge in [-0.1, -0.05) is 61.4 Å². The molecule has 2 aromatic rings. The topological polar surface area (TPSA) is 143 Å². The molecule has 3 amide bonds. The number of fused-ring (bicyclic) bond motifs is 3. The molecule has 2 aromatic carbocycles. The SMILES string of the molecule is CC(C)(C)OC(=O)NCCCCCCNC(=O)CC[C@H](NC(=O)OCC1c2ccccc2-c2ccccc21)C(=O)O. The summed E-state index contributed by atoms with van der Waals surface area (Å²) in [6, 6.07) is 14.6. The fourth-order valence-corrected chi connectivity index (χ4v) is 4.74. The Hall–Kier alpha value is -4.08. The maximum atomic E-state index is 12.5. The molecule has 0 saturated heterocycles. The van der Waals surface area contributed by atoms with Gasteiger partial charge >= 0.3 is 18.2 Å². The first-order valence-electron chi connectivity index (χ1n) is 14.1. The number of amides is 3. The minimum atomic E-state index is -1.24. The van der Waals surface area contributed by atoms with Gasteiger partial charge in [-0.25, -0.2) is 14.4 Å². The lowest BCUT2D eigenvalue weighted by Crippen LogP contribution is -2.42. The number of carbonyl (C=O) groups is 4. The highest BCUT2D eigenvalue weighted by atomic mass is 16.6. The summed E-state index contributed by atoms with van der Waals surface area (Å²) in [5.74, 6) is -1.65. The predicted molar refractivity (Wildman–Crippen MR) is 155 cm³/mol. The molecule has 0 saturated carbocycles. The van der Waals surface area contributed by atoms with E-state index in [0.717, 1.165) is 47.9 Å². The molecule has 0 aromatic heterocycles. The van der Waals surface area contributed by atoms with Gasteiger partial charge in [0.2, 0.25) is 5.91 Å². The summed E-state index contributed by atoms with van der Waals surface area (Å²) in [6.45, 7) is 6.49. The number of ether oxygens (including phenoxy) is 2. The van der Waals surface area contributed by atoms with Crippen molar-refractivity contribution in [2.45, 2.75) is 76.9 Å². The Bertz CT molecular complexity index is 1160. The largest absolute Gasteiger partial charge is 0.480 e. The van der Waals surface area contributed by atoms with Crippen LogP contribution >= 0.6 is 0 Å². The van der Waals surface area contributed by atoms with Crippen molar-refractivity contribution in [1.82, 2.24) is 16.0 Å². The van der Waals surface area contributed by atoms with Crippen molar-refractivity contribution in [2.75, 3.05) is 19.7 Å². The molecule has 0 fully saturated rings. The van der Waals surface area contributed by atoms with Crippen LogP contribution in [-0.2, 0) is 19.1 Å². The summed E-state index contributed by atoms with van der Waals surface area (Å²) in [7, 11) is 0. The first-order chi connectivity index (χ1) is 19.5. The highest BCUT2D eigenvalue weighted by molar-refractivity contribution is 5.82. The van der Waals surface area contributed by atoms with Gasteiger partial charge in [0.15, 0.2) is 0 Å². The fourth-order valence-electron chi connectivity index (χ4n) is 4.74. The van der Waals surface area contributed by atoms with Crippen LogP contribution in [0, 0.1) is 0 Å². The molecule has 1 atom stereocenters. The monoisotopic (exact) mass is 567 g/mol. The zero-order valence-corrected chi connectivity index (χ0v) is 24.0. The molecule has 0 bridgehead atoms. The lowest BCUT2D eigenvalue weighted by atomic mass is 9.98. The van der Waals surface area contributed by atoms with Crippen LogP contribution in [0.15, 0.2) is 48.5 Å². The molecule has 41 heavy (non-hydrogen) atoms. The zero-order valence-electron chi connectivity index (χ0n) is 24.0. The van der Waals surface area contributed by atoms with E-state index < -0.39 is 29.8 Å². The Balaban J connectivity index is 1.31. The van der Waals surface area contributed by atoms with Crippen LogP contribution in [0.1, 0.15) is 76.3 Å². The summed E-state index contributed by atoms with van der Waals surface area (Å²) in [5.41, 5.74) is 3.79. The fraction of sp³-hybridized carbons (Fsp3) is 0.484. The number of alkyl carbamates (subject to hydrolysis) is 2. The van der Waals surface area contributed by atoms with Crippen LogP contribution in [0.5, 0.6) is 0 Å². The first-order valence-corrected chi connectivity index (χ1v) is 14.1. The third-order valence-electron chi connectivity index (χ3n) is 6.69. The number of hydrogen-bond acceptors (Lipinski definition) is 6. The quantitative estimate of drug-likeness (QED) is 0.236. The van der Waals surface area contributed by atoms with Gasteiger partial charge < -0.3 is 30.5 Å². The van der Waals surface area contributed by atoms with Crippen molar-refractivity contribution in [2.24, 2.45) is 0 Å². The Kier molecular flexibility index (Phi) is 11.6. The molecule has 0 heterocycles. The van der Waals surface area contributed by atoms with Crippen LogP contribution in [0.2, 0.25) is 0 Å². The number of nitrogens with one attached hydrogen (secondary N) is 3. The van der Waals surface area contributed by atoms with E-state index >= 15 is 0 Å². The van der Waals surface area contributed by atoms with Crippen molar-refractivity contribution < 1.29 is 33.8 Å². The maximum Gasteiger partial charge on any atom is 0.407 e. The molecule has 3 rings (SSSR count). The van der Waals surface area contributed by atoms with Gasteiger partial charge in [0.05, 0.1) is 0 Å². The standard InChI is InChI=1S/C31H41N3O7/c1-31(2,3)41-29(38)33-19-11-5-4-10-18-32-27(35)17-16-26(28(36)37)34-30(39)40-20-25-23-14-8-6-12-21(23)22-13-7-9-15-24(22)25/h6-9,12-15,25-26H,4-5,10-11,16-20H2,1-3H3,(H,32,35)(H,33,38)(H,34,39)(H,36,37)/t26-/m0/s1. The van der Waals surface area contributed by atoms with Crippen molar-refractivity contribution in [3.63, 3.8) is 0 Å². The van der Waals surface area contributed by atoms with Gasteiger partial charge in [-0.05, 0) is 62.3 Å². The Morgan fingerprint density at radius 2 is 1.39 bits per heavy atom. The smallest absolute Gasteiger partial charge is 0.407 e. The van der Waals surface area contributed by atoms with Gasteiger partial charge in [-0.15, -0.1) is 0 Å². The van der Waals surface area contributed by atoms with Gasteiger partial charge in [0.25, 0.3) is 0 Å². The number of carboxylic acid groups (broad SMARTS) is 1. The van der Waals surface area contributed by atoms with E-state index in [9.17, 15) is 24.3 Å². The number of benzene rings is 2. The van der Waals surface area contributed by atoms with E-state index in [-0.39, 0.29) is 31.3 Å². The van der Waals surface area contributed by atoms with E-state index in [1.54, 1.807) is 0 Å². The van der Waals surface area contributed by atoms with Gasteiger partial charge in [0, 0.05) is 25.4 Å². The Morgan fingerprint density at radius 3 is 1.95 bits per heavy atom. The van der Waals surface area contributed by atoms with Gasteiger partial charge in [-0.3, -0.25) is 4.79 Å². The second-order valence-corrected chi connectivity index (χ2v) is 11.1. The average Bonchev–Trinajstić information content (AvgIpc) is 3.23. The lowest BCUT2D eigenvalue weighted by molar-refractivity contribution is -0.139. The van der Waals surface area contributed by atoms with Crippen molar-refractivity contribution in [3.05, 3.63) is 59.7 Å². The third-order valence-corrected chi connectivity index (χ3v) is 6.69. The van der Waals surface area contributed by atoms with E-state index in [0.29, 0.717) is 13.1 Å². The minimum Gasteiger partial charge on any atom is -0.480 e. The zero-order chi connectivity index (χ0) is 29.8. The molecular formula is C31H41N3O7. The molecule has 10 heteroatoms. The third kappa shape index (κ3) is 10.1. The van der Waals surface area contributed by atoms with E-state index in [1.165, 1.54) is 0 Å².